The van der Waals surface area contributed by atoms with Crippen molar-refractivity contribution in [2.45, 2.75) is 13.0 Å². The third-order valence-corrected chi connectivity index (χ3v) is 3.14. The van der Waals surface area contributed by atoms with Crippen molar-refractivity contribution in [3.05, 3.63) is 24.3 Å². The summed E-state index contributed by atoms with van der Waals surface area (Å²) >= 11 is 0. The number of rotatable bonds is 2. The number of hydrogen-bond acceptors (Lipinski definition) is 4. The van der Waals surface area contributed by atoms with Crippen molar-refractivity contribution in [3.63, 3.8) is 0 Å². The number of aromatic amines is 1. The maximum atomic E-state index is 4.58. The van der Waals surface area contributed by atoms with E-state index in [0.717, 1.165) is 49.6 Å². The Morgan fingerprint density at radius 2 is 2.29 bits per heavy atom. The number of hydrogen-bond donors (Lipinski definition) is 2. The number of nitrogens with zero attached hydrogens (tertiary/aromatic N) is 3. The molecule has 0 unspecified atom stereocenters. The Balaban J connectivity index is 1.75. The molecular weight excluding hydrogens is 214 g/mol. The fourth-order valence-electron chi connectivity index (χ4n) is 2.26. The molecular formula is C12H17N5. The lowest BCUT2D eigenvalue weighted by Crippen LogP contribution is -2.28. The van der Waals surface area contributed by atoms with Gasteiger partial charge >= 0.3 is 0 Å². The van der Waals surface area contributed by atoms with Crippen LogP contribution in [0.15, 0.2) is 18.5 Å². The van der Waals surface area contributed by atoms with Gasteiger partial charge in [-0.25, -0.2) is 4.98 Å². The van der Waals surface area contributed by atoms with Crippen LogP contribution in [0.25, 0.3) is 11.0 Å². The van der Waals surface area contributed by atoms with Crippen molar-refractivity contribution < 1.29 is 0 Å². The van der Waals surface area contributed by atoms with Gasteiger partial charge in [0.05, 0.1) is 23.8 Å². The van der Waals surface area contributed by atoms with Crippen molar-refractivity contribution >= 4 is 11.0 Å². The van der Waals surface area contributed by atoms with E-state index in [4.69, 9.17) is 0 Å². The van der Waals surface area contributed by atoms with Crippen LogP contribution in [0.2, 0.25) is 0 Å². The molecule has 5 heteroatoms. The minimum absolute atomic E-state index is 0.899. The second kappa shape index (κ2) is 4.81. The van der Waals surface area contributed by atoms with Gasteiger partial charge in [0, 0.05) is 19.3 Å². The number of imidazole rings is 1. The lowest BCUT2D eigenvalue weighted by molar-refractivity contribution is 0.278. The van der Waals surface area contributed by atoms with Gasteiger partial charge in [-0.05, 0) is 25.6 Å². The Labute approximate surface area is 100 Å². The monoisotopic (exact) mass is 231 g/mol. The van der Waals surface area contributed by atoms with E-state index in [1.54, 1.807) is 6.20 Å². The summed E-state index contributed by atoms with van der Waals surface area (Å²) in [5.41, 5.74) is 2.03. The Kier molecular flexibility index (Phi) is 3.02. The van der Waals surface area contributed by atoms with Gasteiger partial charge in [-0.15, -0.1) is 0 Å². The predicted octanol–water partition coefficient (Wildman–Crippen LogP) is 0.753. The molecule has 17 heavy (non-hydrogen) atoms. The van der Waals surface area contributed by atoms with E-state index in [1.165, 1.54) is 6.42 Å². The van der Waals surface area contributed by atoms with Crippen molar-refractivity contribution in [2.24, 2.45) is 0 Å². The number of nitrogens with one attached hydrogen (secondary N) is 2. The molecule has 0 radical (unpaired) electrons. The first-order chi connectivity index (χ1) is 8.42. The summed E-state index contributed by atoms with van der Waals surface area (Å²) in [7, 11) is 0. The number of fused-ring (bicyclic) bond motifs is 1. The zero-order valence-corrected chi connectivity index (χ0v) is 9.82. The van der Waals surface area contributed by atoms with E-state index >= 15 is 0 Å². The molecule has 0 saturated carbocycles. The van der Waals surface area contributed by atoms with E-state index in [-0.39, 0.29) is 0 Å². The van der Waals surface area contributed by atoms with E-state index in [9.17, 15) is 0 Å². The second-order valence-corrected chi connectivity index (χ2v) is 4.46. The van der Waals surface area contributed by atoms with Gasteiger partial charge in [0.2, 0.25) is 0 Å². The molecule has 90 valence electrons. The molecule has 0 amide bonds. The summed E-state index contributed by atoms with van der Waals surface area (Å²) in [6, 6.07) is 1.94. The molecule has 0 spiro atoms. The first kappa shape index (κ1) is 10.7. The lowest BCUT2D eigenvalue weighted by Gasteiger charge is -2.17. The highest BCUT2D eigenvalue weighted by Gasteiger charge is 2.11. The normalized spacial score (nSPS) is 18.4. The first-order valence-corrected chi connectivity index (χ1v) is 6.13. The van der Waals surface area contributed by atoms with Crippen molar-refractivity contribution in [1.29, 1.82) is 0 Å². The lowest BCUT2D eigenvalue weighted by atomic mass is 10.4. The standard InChI is InChI=1S/C12H17N5/c1-3-13-5-7-17(6-1)9-12-15-10-2-4-14-8-11(10)16-12/h2,4,8,13H,1,3,5-7,9H2,(H,15,16). The van der Waals surface area contributed by atoms with Crippen LogP contribution in [-0.2, 0) is 6.54 Å². The molecule has 1 aliphatic rings. The van der Waals surface area contributed by atoms with Crippen LogP contribution in [0.4, 0.5) is 0 Å². The molecule has 5 nitrogen and oxygen atoms in total. The third-order valence-electron chi connectivity index (χ3n) is 3.14. The van der Waals surface area contributed by atoms with Crippen molar-refractivity contribution in [1.82, 2.24) is 25.2 Å². The molecule has 1 saturated heterocycles. The summed E-state index contributed by atoms with van der Waals surface area (Å²) in [6.07, 6.45) is 4.82. The topological polar surface area (TPSA) is 56.8 Å². The third kappa shape index (κ3) is 2.45. The minimum Gasteiger partial charge on any atom is -0.340 e. The van der Waals surface area contributed by atoms with Crippen LogP contribution in [0.3, 0.4) is 0 Å². The van der Waals surface area contributed by atoms with Gasteiger partial charge in [0.1, 0.15) is 5.82 Å². The van der Waals surface area contributed by atoms with E-state index in [0.29, 0.717) is 0 Å². The summed E-state index contributed by atoms with van der Waals surface area (Å²) < 4.78 is 0. The Morgan fingerprint density at radius 1 is 1.29 bits per heavy atom. The number of H-pyrrole nitrogens is 1. The highest BCUT2D eigenvalue weighted by Crippen LogP contribution is 2.10. The van der Waals surface area contributed by atoms with Gasteiger partial charge in [0.25, 0.3) is 0 Å². The summed E-state index contributed by atoms with van der Waals surface area (Å²) in [5.74, 6) is 1.04. The van der Waals surface area contributed by atoms with E-state index in [2.05, 4.69) is 25.2 Å². The smallest absolute Gasteiger partial charge is 0.121 e. The van der Waals surface area contributed by atoms with E-state index in [1.807, 2.05) is 12.3 Å². The van der Waals surface area contributed by atoms with Crippen LogP contribution in [0.1, 0.15) is 12.2 Å². The number of aromatic nitrogens is 3. The highest BCUT2D eigenvalue weighted by atomic mass is 15.2. The fourth-order valence-corrected chi connectivity index (χ4v) is 2.26. The predicted molar refractivity (Wildman–Crippen MR) is 66.7 cm³/mol. The van der Waals surface area contributed by atoms with Crippen molar-refractivity contribution in [3.8, 4) is 0 Å². The van der Waals surface area contributed by atoms with Crippen LogP contribution in [0, 0.1) is 0 Å². The summed E-state index contributed by atoms with van der Waals surface area (Å²) in [5, 5.41) is 3.41. The van der Waals surface area contributed by atoms with Crippen LogP contribution in [-0.4, -0.2) is 46.0 Å². The summed E-state index contributed by atoms with van der Waals surface area (Å²) in [6.45, 7) is 5.33. The summed E-state index contributed by atoms with van der Waals surface area (Å²) in [4.78, 5) is 14.4. The van der Waals surface area contributed by atoms with Crippen molar-refractivity contribution in [2.75, 3.05) is 26.2 Å². The molecule has 1 aliphatic heterocycles. The molecule has 2 aromatic heterocycles. The molecule has 3 heterocycles. The first-order valence-electron chi connectivity index (χ1n) is 6.13. The van der Waals surface area contributed by atoms with Crippen LogP contribution >= 0.6 is 0 Å². The molecule has 3 rings (SSSR count). The van der Waals surface area contributed by atoms with Gasteiger partial charge in [0.15, 0.2) is 0 Å². The zero-order chi connectivity index (χ0) is 11.5. The molecule has 2 N–H and O–H groups in total. The molecule has 2 aromatic rings. The quantitative estimate of drug-likeness (QED) is 0.801. The molecule has 0 atom stereocenters. The molecule has 0 bridgehead atoms. The average molecular weight is 231 g/mol. The van der Waals surface area contributed by atoms with Crippen LogP contribution in [0.5, 0.6) is 0 Å². The van der Waals surface area contributed by atoms with E-state index < -0.39 is 0 Å². The van der Waals surface area contributed by atoms with Gasteiger partial charge in [-0.1, -0.05) is 0 Å². The highest BCUT2D eigenvalue weighted by molar-refractivity contribution is 5.73. The maximum Gasteiger partial charge on any atom is 0.121 e. The van der Waals surface area contributed by atoms with Gasteiger partial charge in [-0.3, -0.25) is 9.88 Å². The van der Waals surface area contributed by atoms with Gasteiger partial charge < -0.3 is 10.3 Å². The largest absolute Gasteiger partial charge is 0.340 e. The maximum absolute atomic E-state index is 4.58. The van der Waals surface area contributed by atoms with Crippen LogP contribution < -0.4 is 5.32 Å². The zero-order valence-electron chi connectivity index (χ0n) is 9.82. The molecule has 0 aromatic carbocycles. The SMILES string of the molecule is c1cc2nc(CN3CCCNCC3)[nH]c2cn1. The second-order valence-electron chi connectivity index (χ2n) is 4.46. The Hall–Kier alpha value is -1.46. The van der Waals surface area contributed by atoms with Gasteiger partial charge in [-0.2, -0.15) is 0 Å². The molecule has 1 fully saturated rings. The number of pyridine rings is 1. The average Bonchev–Trinajstić information content (AvgIpc) is 2.57. The Bertz CT molecular complexity index is 451. The molecule has 0 aliphatic carbocycles. The minimum atomic E-state index is 0.899. The fraction of sp³-hybridized carbons (Fsp3) is 0.500. The Morgan fingerprint density at radius 3 is 3.24 bits per heavy atom.